The molecular formula is C23H25N3OS. The Bertz CT molecular complexity index is 921. The number of pyridine rings is 1. The zero-order valence-electron chi connectivity index (χ0n) is 16.1. The van der Waals surface area contributed by atoms with Crippen LogP contribution in [0.3, 0.4) is 0 Å². The van der Waals surface area contributed by atoms with Crippen LogP contribution < -0.4 is 0 Å². The number of hydrogen-bond acceptors (Lipinski definition) is 4. The summed E-state index contributed by atoms with van der Waals surface area (Å²) < 4.78 is 2.18. The number of aromatic nitrogens is 2. The minimum Gasteiger partial charge on any atom is -0.318 e. The van der Waals surface area contributed by atoms with Gasteiger partial charge in [0.15, 0.2) is 5.78 Å². The van der Waals surface area contributed by atoms with E-state index < -0.39 is 0 Å². The SMILES string of the molecule is CSc1ccc(C(=O)[C@@H]2CCCN(Cc3cccn3-c3cccnc3)C2)cc1. The van der Waals surface area contributed by atoms with Gasteiger partial charge >= 0.3 is 0 Å². The van der Waals surface area contributed by atoms with Gasteiger partial charge in [0.25, 0.3) is 0 Å². The van der Waals surface area contributed by atoms with Crippen molar-refractivity contribution >= 4 is 17.5 Å². The van der Waals surface area contributed by atoms with Crippen LogP contribution in [0.25, 0.3) is 5.69 Å². The molecule has 3 aromatic rings. The maximum Gasteiger partial charge on any atom is 0.167 e. The summed E-state index contributed by atoms with van der Waals surface area (Å²) in [5.41, 5.74) is 3.13. The molecule has 2 aromatic heterocycles. The third-order valence-corrected chi connectivity index (χ3v) is 6.14. The Kier molecular flexibility index (Phi) is 5.93. The van der Waals surface area contributed by atoms with E-state index in [2.05, 4.69) is 45.1 Å². The summed E-state index contributed by atoms with van der Waals surface area (Å²) in [7, 11) is 0. The van der Waals surface area contributed by atoms with Crippen LogP contribution in [0.4, 0.5) is 0 Å². The first-order valence-corrected chi connectivity index (χ1v) is 10.9. The van der Waals surface area contributed by atoms with Gasteiger partial charge in [0.1, 0.15) is 0 Å². The van der Waals surface area contributed by atoms with Crippen LogP contribution >= 0.6 is 11.8 Å². The molecule has 0 radical (unpaired) electrons. The van der Waals surface area contributed by atoms with Crippen molar-refractivity contribution in [3.63, 3.8) is 0 Å². The van der Waals surface area contributed by atoms with E-state index >= 15 is 0 Å². The van der Waals surface area contributed by atoms with Gasteiger partial charge in [-0.2, -0.15) is 0 Å². The van der Waals surface area contributed by atoms with Crippen molar-refractivity contribution in [3.05, 3.63) is 78.4 Å². The van der Waals surface area contributed by atoms with Crippen molar-refractivity contribution in [1.29, 1.82) is 0 Å². The average Bonchev–Trinajstić information content (AvgIpc) is 3.22. The number of thioether (sulfide) groups is 1. The van der Waals surface area contributed by atoms with E-state index in [0.717, 1.165) is 43.7 Å². The van der Waals surface area contributed by atoms with E-state index in [9.17, 15) is 4.79 Å². The molecule has 0 unspecified atom stereocenters. The molecule has 1 aliphatic rings. The Morgan fingerprint density at radius 3 is 2.79 bits per heavy atom. The van der Waals surface area contributed by atoms with Gasteiger partial charge < -0.3 is 4.57 Å². The Hall–Kier alpha value is -2.37. The number of nitrogens with zero attached hydrogens (tertiary/aromatic N) is 3. The Balaban J connectivity index is 1.45. The van der Waals surface area contributed by atoms with Crippen LogP contribution in [0.15, 0.2) is 72.0 Å². The molecule has 1 atom stereocenters. The number of piperidine rings is 1. The largest absolute Gasteiger partial charge is 0.318 e. The van der Waals surface area contributed by atoms with Crippen molar-refractivity contribution in [1.82, 2.24) is 14.5 Å². The molecule has 1 aromatic carbocycles. The lowest BCUT2D eigenvalue weighted by molar-refractivity contribution is 0.0809. The molecule has 1 aliphatic heterocycles. The smallest absolute Gasteiger partial charge is 0.167 e. The predicted octanol–water partition coefficient (Wildman–Crippen LogP) is 4.69. The lowest BCUT2D eigenvalue weighted by Crippen LogP contribution is -2.38. The third-order valence-electron chi connectivity index (χ3n) is 5.39. The number of likely N-dealkylation sites (tertiary alicyclic amines) is 1. The topological polar surface area (TPSA) is 38.1 Å². The molecule has 0 saturated carbocycles. The van der Waals surface area contributed by atoms with Crippen LogP contribution in [0.5, 0.6) is 0 Å². The first kappa shape index (κ1) is 19.0. The summed E-state index contributed by atoms with van der Waals surface area (Å²) >= 11 is 1.70. The maximum absolute atomic E-state index is 13.0. The summed E-state index contributed by atoms with van der Waals surface area (Å²) in [4.78, 5) is 20.8. The molecule has 144 valence electrons. The van der Waals surface area contributed by atoms with E-state index in [4.69, 9.17) is 0 Å². The molecule has 1 saturated heterocycles. The van der Waals surface area contributed by atoms with Crippen LogP contribution in [0.1, 0.15) is 28.9 Å². The molecule has 1 fully saturated rings. The van der Waals surface area contributed by atoms with Gasteiger partial charge in [0, 0.05) is 47.6 Å². The van der Waals surface area contributed by atoms with Crippen molar-refractivity contribution < 1.29 is 4.79 Å². The highest BCUT2D eigenvalue weighted by molar-refractivity contribution is 7.98. The number of hydrogen-bond donors (Lipinski definition) is 0. The predicted molar refractivity (Wildman–Crippen MR) is 114 cm³/mol. The standard InChI is InChI=1S/C23H25N3OS/c1-28-22-10-8-18(9-11-22)23(27)19-5-3-13-25(16-19)17-21-7-4-14-26(21)20-6-2-12-24-15-20/h2,4,6-12,14-15,19H,3,5,13,16-17H2,1H3/t19-/m1/s1. The fourth-order valence-electron chi connectivity index (χ4n) is 3.93. The van der Waals surface area contributed by atoms with E-state index in [1.54, 1.807) is 18.0 Å². The van der Waals surface area contributed by atoms with Crippen LogP contribution in [0.2, 0.25) is 0 Å². The molecule has 0 spiro atoms. The van der Waals surface area contributed by atoms with E-state index in [-0.39, 0.29) is 11.7 Å². The molecule has 4 rings (SSSR count). The Labute approximate surface area is 170 Å². The molecule has 5 heteroatoms. The number of carbonyl (C=O) groups excluding carboxylic acids is 1. The number of Topliss-reactive ketones (excluding diaryl/α,β-unsaturated/α-hetero) is 1. The van der Waals surface area contributed by atoms with Crippen molar-refractivity contribution in [2.45, 2.75) is 24.3 Å². The van der Waals surface area contributed by atoms with Crippen molar-refractivity contribution in [2.75, 3.05) is 19.3 Å². The number of benzene rings is 1. The Morgan fingerprint density at radius 1 is 1.18 bits per heavy atom. The van der Waals surface area contributed by atoms with Crippen LogP contribution in [-0.4, -0.2) is 39.6 Å². The molecular weight excluding hydrogens is 366 g/mol. The molecule has 0 amide bonds. The van der Waals surface area contributed by atoms with Crippen molar-refractivity contribution in [3.8, 4) is 5.69 Å². The molecule has 3 heterocycles. The quantitative estimate of drug-likeness (QED) is 0.451. The van der Waals surface area contributed by atoms with Gasteiger partial charge in [-0.15, -0.1) is 11.8 Å². The van der Waals surface area contributed by atoms with Gasteiger partial charge in [-0.3, -0.25) is 14.7 Å². The monoisotopic (exact) mass is 391 g/mol. The average molecular weight is 392 g/mol. The third kappa shape index (κ3) is 4.21. The highest BCUT2D eigenvalue weighted by Gasteiger charge is 2.27. The van der Waals surface area contributed by atoms with Gasteiger partial charge in [-0.1, -0.05) is 12.1 Å². The normalized spacial score (nSPS) is 17.5. The zero-order chi connectivity index (χ0) is 19.3. The van der Waals surface area contributed by atoms with Crippen LogP contribution in [-0.2, 0) is 6.54 Å². The second-order valence-electron chi connectivity index (χ2n) is 7.25. The first-order valence-electron chi connectivity index (χ1n) is 9.72. The summed E-state index contributed by atoms with van der Waals surface area (Å²) in [6, 6.07) is 16.3. The molecule has 0 aliphatic carbocycles. The molecule has 0 N–H and O–H groups in total. The molecule has 28 heavy (non-hydrogen) atoms. The van der Waals surface area contributed by atoms with Gasteiger partial charge in [-0.05, 0) is 62.0 Å². The van der Waals surface area contributed by atoms with E-state index in [1.165, 1.54) is 10.6 Å². The highest BCUT2D eigenvalue weighted by Crippen LogP contribution is 2.24. The second-order valence-corrected chi connectivity index (χ2v) is 8.13. The minimum absolute atomic E-state index is 0.0793. The fraction of sp³-hybridized carbons (Fsp3) is 0.304. The first-order chi connectivity index (χ1) is 13.7. The van der Waals surface area contributed by atoms with Gasteiger partial charge in [-0.25, -0.2) is 0 Å². The number of ketones is 1. The maximum atomic E-state index is 13.0. The lowest BCUT2D eigenvalue weighted by Gasteiger charge is -2.32. The van der Waals surface area contributed by atoms with E-state index in [1.807, 2.05) is 36.5 Å². The van der Waals surface area contributed by atoms with Gasteiger partial charge in [0.2, 0.25) is 0 Å². The fourth-order valence-corrected chi connectivity index (χ4v) is 4.33. The summed E-state index contributed by atoms with van der Waals surface area (Å²) in [5.74, 6) is 0.357. The molecule has 0 bridgehead atoms. The van der Waals surface area contributed by atoms with Crippen molar-refractivity contribution in [2.24, 2.45) is 5.92 Å². The minimum atomic E-state index is 0.0793. The highest BCUT2D eigenvalue weighted by atomic mass is 32.2. The Morgan fingerprint density at radius 2 is 2.04 bits per heavy atom. The molecule has 4 nitrogen and oxygen atoms in total. The lowest BCUT2D eigenvalue weighted by atomic mass is 9.90. The number of rotatable bonds is 6. The van der Waals surface area contributed by atoms with Crippen LogP contribution in [0, 0.1) is 5.92 Å². The zero-order valence-corrected chi connectivity index (χ0v) is 16.9. The van der Waals surface area contributed by atoms with E-state index in [0.29, 0.717) is 0 Å². The summed E-state index contributed by atoms with van der Waals surface area (Å²) in [5, 5.41) is 0. The second kappa shape index (κ2) is 8.76. The number of carbonyl (C=O) groups is 1. The summed E-state index contributed by atoms with van der Waals surface area (Å²) in [6.45, 7) is 2.70. The summed E-state index contributed by atoms with van der Waals surface area (Å²) in [6.07, 6.45) is 9.84. The van der Waals surface area contributed by atoms with Gasteiger partial charge in [0.05, 0.1) is 11.9 Å².